The summed E-state index contributed by atoms with van der Waals surface area (Å²) in [5, 5.41) is 0.435. The zero-order valence-electron chi connectivity index (χ0n) is 20.0. The van der Waals surface area contributed by atoms with Gasteiger partial charge in [0.25, 0.3) is 5.56 Å². The van der Waals surface area contributed by atoms with Crippen LogP contribution in [0.25, 0.3) is 6.08 Å². The van der Waals surface area contributed by atoms with Crippen molar-refractivity contribution in [3.05, 3.63) is 99.0 Å². The van der Waals surface area contributed by atoms with Crippen molar-refractivity contribution < 1.29 is 19.0 Å². The number of aromatic nitrogens is 1. The molecule has 2 heterocycles. The number of esters is 1. The lowest BCUT2D eigenvalue weighted by Crippen LogP contribution is -2.40. The lowest BCUT2D eigenvalue weighted by Gasteiger charge is -2.25. The zero-order valence-corrected chi connectivity index (χ0v) is 24.8. The normalized spacial score (nSPS) is 15.2. The molecule has 0 fully saturated rings. The Morgan fingerprint density at radius 3 is 2.57 bits per heavy atom. The number of thiazole rings is 1. The van der Waals surface area contributed by atoms with Crippen LogP contribution in [0.15, 0.2) is 73.0 Å². The van der Waals surface area contributed by atoms with Gasteiger partial charge in [0.1, 0.15) is 24.1 Å². The molecule has 192 valence electrons. The van der Waals surface area contributed by atoms with E-state index in [-0.39, 0.29) is 11.1 Å². The first-order valence-electron chi connectivity index (χ1n) is 10.9. The van der Waals surface area contributed by atoms with Crippen molar-refractivity contribution in [1.82, 2.24) is 4.57 Å². The average molecular weight is 669 g/mol. The van der Waals surface area contributed by atoms with Crippen molar-refractivity contribution >= 4 is 66.8 Å². The second kappa shape index (κ2) is 11.4. The van der Waals surface area contributed by atoms with Gasteiger partial charge in [0, 0.05) is 10.6 Å². The minimum Gasteiger partial charge on any atom is -0.496 e. The fourth-order valence-corrected chi connectivity index (χ4v) is 6.68. The van der Waals surface area contributed by atoms with Crippen LogP contribution in [0.5, 0.6) is 11.5 Å². The van der Waals surface area contributed by atoms with E-state index in [1.165, 1.54) is 30.1 Å². The van der Waals surface area contributed by atoms with Gasteiger partial charge < -0.3 is 14.2 Å². The Balaban J connectivity index is 1.95. The number of carbonyl (C=O) groups excluding carboxylic acids is 1. The van der Waals surface area contributed by atoms with Gasteiger partial charge in [-0.15, -0.1) is 0 Å². The molecule has 4 rings (SSSR count). The number of nitrogens with zero attached hydrogens (tertiary/aromatic N) is 2. The monoisotopic (exact) mass is 666 g/mol. The Hall–Kier alpha value is -2.66. The topological polar surface area (TPSA) is 79.1 Å². The number of rotatable bonds is 7. The van der Waals surface area contributed by atoms with Gasteiger partial charge in [0.2, 0.25) is 0 Å². The minimum absolute atomic E-state index is 0.233. The van der Waals surface area contributed by atoms with E-state index in [0.717, 1.165) is 5.56 Å². The first-order valence-corrected chi connectivity index (χ1v) is 13.6. The van der Waals surface area contributed by atoms with E-state index in [4.69, 9.17) is 25.8 Å². The number of ether oxygens (including phenoxy) is 3. The van der Waals surface area contributed by atoms with Gasteiger partial charge in [0.05, 0.1) is 39.0 Å². The van der Waals surface area contributed by atoms with Crippen LogP contribution in [-0.4, -0.2) is 31.4 Å². The van der Waals surface area contributed by atoms with Crippen LogP contribution in [0.1, 0.15) is 24.1 Å². The third kappa shape index (κ3) is 5.34. The first-order chi connectivity index (χ1) is 17.7. The molecule has 11 heteroatoms. The van der Waals surface area contributed by atoms with Crippen molar-refractivity contribution in [2.24, 2.45) is 4.99 Å². The van der Waals surface area contributed by atoms with Crippen LogP contribution < -0.4 is 24.4 Å². The van der Waals surface area contributed by atoms with Gasteiger partial charge in [-0.25, -0.2) is 9.79 Å². The van der Waals surface area contributed by atoms with Crippen LogP contribution in [-0.2, 0) is 9.53 Å². The third-order valence-electron chi connectivity index (χ3n) is 5.58. The Bertz CT molecular complexity index is 1600. The number of carbonyl (C=O) groups is 1. The van der Waals surface area contributed by atoms with E-state index in [1.54, 1.807) is 37.3 Å². The number of methoxy groups -OCH3 is 2. The molecule has 1 atom stereocenters. The predicted octanol–water partition coefficient (Wildman–Crippen LogP) is 5.16. The molecule has 2 aromatic carbocycles. The SMILES string of the molecule is C=CCOc1c(Br)cc(/C=c2\sc3n(c2=O)[C@@H](c2cc(Cl)ccc2OC)C(C(=O)OC)=C(C)N=3)cc1Br. The Kier molecular flexibility index (Phi) is 8.42. The quantitative estimate of drug-likeness (QED) is 0.257. The molecular formula is C26H21Br2ClN2O5S. The van der Waals surface area contributed by atoms with Gasteiger partial charge in [-0.2, -0.15) is 0 Å². The van der Waals surface area contributed by atoms with Crippen molar-refractivity contribution in [3.8, 4) is 11.5 Å². The summed E-state index contributed by atoms with van der Waals surface area (Å²) in [6.07, 6.45) is 3.42. The highest BCUT2D eigenvalue weighted by atomic mass is 79.9. The number of hydrogen-bond acceptors (Lipinski definition) is 7. The fraction of sp³-hybridized carbons (Fsp3) is 0.192. The van der Waals surface area contributed by atoms with Gasteiger partial charge in [-0.3, -0.25) is 9.36 Å². The minimum atomic E-state index is -0.840. The molecule has 1 aromatic heterocycles. The van der Waals surface area contributed by atoms with Gasteiger partial charge in [-0.05, 0) is 80.8 Å². The zero-order chi connectivity index (χ0) is 26.9. The summed E-state index contributed by atoms with van der Waals surface area (Å²) in [4.78, 5) is 31.7. The molecule has 1 aliphatic rings. The van der Waals surface area contributed by atoms with E-state index in [1.807, 2.05) is 12.1 Å². The Morgan fingerprint density at radius 1 is 1.24 bits per heavy atom. The summed E-state index contributed by atoms with van der Waals surface area (Å²) in [5.74, 6) is 0.512. The maximum Gasteiger partial charge on any atom is 0.338 e. The molecule has 0 saturated heterocycles. The first kappa shape index (κ1) is 27.4. The third-order valence-corrected chi connectivity index (χ3v) is 7.97. The smallest absolute Gasteiger partial charge is 0.338 e. The highest BCUT2D eigenvalue weighted by Gasteiger charge is 2.35. The van der Waals surface area contributed by atoms with Crippen molar-refractivity contribution in [3.63, 3.8) is 0 Å². The summed E-state index contributed by atoms with van der Waals surface area (Å²) in [7, 11) is 2.81. The largest absolute Gasteiger partial charge is 0.496 e. The maximum absolute atomic E-state index is 13.8. The maximum atomic E-state index is 13.8. The molecule has 3 aromatic rings. The molecule has 0 radical (unpaired) electrons. The summed E-state index contributed by atoms with van der Waals surface area (Å²) in [6.45, 7) is 5.73. The molecule has 0 N–H and O–H groups in total. The number of benzene rings is 2. The van der Waals surface area contributed by atoms with Crippen LogP contribution in [0.2, 0.25) is 5.02 Å². The van der Waals surface area contributed by atoms with Crippen molar-refractivity contribution in [2.45, 2.75) is 13.0 Å². The summed E-state index contributed by atoms with van der Waals surface area (Å²) in [6, 6.07) is 7.92. The summed E-state index contributed by atoms with van der Waals surface area (Å²) < 4.78 is 19.7. The van der Waals surface area contributed by atoms with E-state index in [0.29, 0.717) is 52.7 Å². The number of fused-ring (bicyclic) bond motifs is 1. The highest BCUT2D eigenvalue weighted by Crippen LogP contribution is 2.37. The number of allylic oxidation sites excluding steroid dienone is 1. The van der Waals surface area contributed by atoms with Crippen LogP contribution >= 0.6 is 54.8 Å². The summed E-state index contributed by atoms with van der Waals surface area (Å²) in [5.41, 5.74) is 1.67. The van der Waals surface area contributed by atoms with Crippen LogP contribution in [0.4, 0.5) is 0 Å². The molecule has 0 aliphatic carbocycles. The van der Waals surface area contributed by atoms with Crippen molar-refractivity contribution in [1.29, 1.82) is 0 Å². The molecule has 0 saturated carbocycles. The second-order valence-electron chi connectivity index (χ2n) is 7.87. The number of halogens is 3. The average Bonchev–Trinajstić information content (AvgIpc) is 3.16. The lowest BCUT2D eigenvalue weighted by molar-refractivity contribution is -0.136. The van der Waals surface area contributed by atoms with Crippen LogP contribution in [0, 0.1) is 0 Å². The van der Waals surface area contributed by atoms with E-state index < -0.39 is 12.0 Å². The molecule has 0 amide bonds. The van der Waals surface area contributed by atoms with E-state index >= 15 is 0 Å². The predicted molar refractivity (Wildman–Crippen MR) is 151 cm³/mol. The molecule has 0 spiro atoms. The molecule has 0 bridgehead atoms. The Labute approximate surface area is 238 Å². The molecule has 37 heavy (non-hydrogen) atoms. The summed E-state index contributed by atoms with van der Waals surface area (Å²) >= 11 is 14.6. The number of hydrogen-bond donors (Lipinski definition) is 0. The Morgan fingerprint density at radius 2 is 1.95 bits per heavy atom. The molecule has 0 unspecified atom stereocenters. The van der Waals surface area contributed by atoms with Gasteiger partial charge >= 0.3 is 5.97 Å². The van der Waals surface area contributed by atoms with Gasteiger partial charge in [0.15, 0.2) is 4.80 Å². The fourth-order valence-electron chi connectivity index (χ4n) is 4.00. The lowest BCUT2D eigenvalue weighted by atomic mass is 9.95. The molecular weight excluding hydrogens is 648 g/mol. The van der Waals surface area contributed by atoms with Crippen LogP contribution in [0.3, 0.4) is 0 Å². The van der Waals surface area contributed by atoms with E-state index in [2.05, 4.69) is 43.4 Å². The molecule has 1 aliphatic heterocycles. The highest BCUT2D eigenvalue weighted by molar-refractivity contribution is 9.11. The van der Waals surface area contributed by atoms with E-state index in [9.17, 15) is 9.59 Å². The van der Waals surface area contributed by atoms with Gasteiger partial charge in [-0.1, -0.05) is 35.6 Å². The second-order valence-corrected chi connectivity index (χ2v) is 11.0. The molecule has 7 nitrogen and oxygen atoms in total. The standard InChI is InChI=1S/C26H21Br2ClN2O5S/c1-5-8-36-23-17(27)9-14(10-18(23)28)11-20-24(32)31-22(16-12-15(29)6-7-19(16)34-3)21(25(33)35-4)13(2)30-26(31)37-20/h5-7,9-12,22H,1,8H2,2-4H3/b20-11-/t22-/m0/s1. The van der Waals surface area contributed by atoms with Crippen molar-refractivity contribution in [2.75, 3.05) is 20.8 Å².